The second-order valence-electron chi connectivity index (χ2n) is 7.56. The van der Waals surface area contributed by atoms with Crippen molar-refractivity contribution in [1.29, 1.82) is 0 Å². The molecule has 1 N–H and O–H groups in total. The molecule has 1 aromatic rings. The van der Waals surface area contributed by atoms with Crippen molar-refractivity contribution in [3.8, 4) is 0 Å². The minimum Gasteiger partial charge on any atom is -0.475 e. The molecule has 0 bridgehead atoms. The van der Waals surface area contributed by atoms with Gasteiger partial charge in [0.05, 0.1) is 6.61 Å². The lowest BCUT2D eigenvalue weighted by atomic mass is 9.88. The fourth-order valence-electron chi connectivity index (χ4n) is 4.08. The Morgan fingerprint density at radius 1 is 1.30 bits per heavy atom. The highest BCUT2D eigenvalue weighted by Crippen LogP contribution is 2.39. The molecule has 0 aliphatic carbocycles. The molecule has 168 valence electrons. The molecule has 2 fully saturated rings. The van der Waals surface area contributed by atoms with E-state index in [2.05, 4.69) is 20.9 Å². The fraction of sp³-hybridized carbons (Fsp3) is 0.650. The van der Waals surface area contributed by atoms with Gasteiger partial charge < -0.3 is 14.7 Å². The Morgan fingerprint density at radius 3 is 2.63 bits per heavy atom. The van der Waals surface area contributed by atoms with Crippen LogP contribution in [-0.2, 0) is 20.9 Å². The van der Waals surface area contributed by atoms with Gasteiger partial charge in [-0.25, -0.2) is 4.79 Å². The number of hydrogen-bond donors (Lipinski definition) is 1. The van der Waals surface area contributed by atoms with Crippen LogP contribution in [0.3, 0.4) is 0 Å². The molecule has 1 spiro atoms. The molecule has 2 aliphatic heterocycles. The van der Waals surface area contributed by atoms with Crippen molar-refractivity contribution in [2.24, 2.45) is 0 Å². The number of carboxylic acids is 1. The Kier molecular flexibility index (Phi) is 8.60. The van der Waals surface area contributed by atoms with Gasteiger partial charge in [0.15, 0.2) is 0 Å². The first kappa shape index (κ1) is 24.1. The Bertz CT molecular complexity index is 702. The molecule has 1 atom stereocenters. The zero-order valence-corrected chi connectivity index (χ0v) is 17.0. The number of ether oxygens (including phenoxy) is 1. The van der Waals surface area contributed by atoms with E-state index in [9.17, 15) is 18.0 Å². The maximum atomic E-state index is 12.3. The van der Waals surface area contributed by atoms with E-state index >= 15 is 0 Å². The maximum Gasteiger partial charge on any atom is 0.490 e. The summed E-state index contributed by atoms with van der Waals surface area (Å²) in [4.78, 5) is 30.0. The molecule has 0 saturated carbocycles. The van der Waals surface area contributed by atoms with E-state index in [1.807, 2.05) is 18.5 Å². The summed E-state index contributed by atoms with van der Waals surface area (Å²) in [5, 5.41) is 7.12. The summed E-state index contributed by atoms with van der Waals surface area (Å²) in [6, 6.07) is 4.13. The number of carbonyl (C=O) groups is 2. The Labute approximate surface area is 173 Å². The van der Waals surface area contributed by atoms with Gasteiger partial charge in [-0.15, -0.1) is 0 Å². The van der Waals surface area contributed by atoms with E-state index < -0.39 is 12.1 Å². The topological polar surface area (TPSA) is 83.0 Å². The predicted molar refractivity (Wildman–Crippen MR) is 103 cm³/mol. The number of amides is 1. The van der Waals surface area contributed by atoms with Gasteiger partial charge in [-0.05, 0) is 43.9 Å². The zero-order valence-electron chi connectivity index (χ0n) is 17.0. The summed E-state index contributed by atoms with van der Waals surface area (Å²) in [5.41, 5.74) is 1.33. The lowest BCUT2D eigenvalue weighted by Crippen LogP contribution is -2.47. The molecule has 1 unspecified atom stereocenters. The van der Waals surface area contributed by atoms with Gasteiger partial charge >= 0.3 is 12.1 Å². The van der Waals surface area contributed by atoms with Crippen LogP contribution in [0.25, 0.3) is 0 Å². The molecule has 0 aromatic carbocycles. The third-order valence-corrected chi connectivity index (χ3v) is 5.58. The monoisotopic (exact) mass is 431 g/mol. The number of likely N-dealkylation sites (tertiary alicyclic amines) is 2. The van der Waals surface area contributed by atoms with Crippen LogP contribution < -0.4 is 0 Å². The third kappa shape index (κ3) is 6.66. The predicted octanol–water partition coefficient (Wildman–Crippen LogP) is 2.71. The van der Waals surface area contributed by atoms with Crippen LogP contribution in [0.1, 0.15) is 37.7 Å². The summed E-state index contributed by atoms with van der Waals surface area (Å²) < 4.78 is 36.9. The molecule has 3 heterocycles. The summed E-state index contributed by atoms with van der Waals surface area (Å²) >= 11 is 0. The summed E-state index contributed by atoms with van der Waals surface area (Å²) in [7, 11) is 1.70. The quantitative estimate of drug-likeness (QED) is 0.772. The zero-order chi connectivity index (χ0) is 22.2. The molecule has 10 heteroatoms. The molecule has 1 aromatic heterocycles. The number of aromatic nitrogens is 1. The van der Waals surface area contributed by atoms with Gasteiger partial charge in [-0.1, -0.05) is 6.07 Å². The number of methoxy groups -OCH3 is 1. The first-order chi connectivity index (χ1) is 14.2. The number of rotatable bonds is 5. The molecule has 3 rings (SSSR count). The van der Waals surface area contributed by atoms with E-state index in [-0.39, 0.29) is 5.54 Å². The molecule has 1 amide bonds. The summed E-state index contributed by atoms with van der Waals surface area (Å²) in [6.07, 6.45) is 3.73. The van der Waals surface area contributed by atoms with Gasteiger partial charge in [0.2, 0.25) is 5.91 Å². The smallest absolute Gasteiger partial charge is 0.475 e. The van der Waals surface area contributed by atoms with E-state index in [0.717, 1.165) is 51.9 Å². The molecule has 30 heavy (non-hydrogen) atoms. The third-order valence-electron chi connectivity index (χ3n) is 5.58. The van der Waals surface area contributed by atoms with Crippen molar-refractivity contribution in [2.45, 2.75) is 50.4 Å². The van der Waals surface area contributed by atoms with Crippen molar-refractivity contribution in [1.82, 2.24) is 14.8 Å². The molecular weight excluding hydrogens is 403 g/mol. The SMILES string of the molecule is COCCN1C(=O)CCC12CCCN(Cc1cccnc1)CC2.O=C(O)C(F)(F)F. The number of halogens is 3. The van der Waals surface area contributed by atoms with Crippen LogP contribution in [0.4, 0.5) is 13.2 Å². The van der Waals surface area contributed by atoms with E-state index in [0.29, 0.717) is 18.9 Å². The number of alkyl halides is 3. The molecule has 2 saturated heterocycles. The van der Waals surface area contributed by atoms with Gasteiger partial charge in [0, 0.05) is 51.1 Å². The number of carbonyl (C=O) groups excluding carboxylic acids is 1. The lowest BCUT2D eigenvalue weighted by Gasteiger charge is -2.38. The van der Waals surface area contributed by atoms with Crippen LogP contribution in [0.5, 0.6) is 0 Å². The molecular formula is C20H28F3N3O4. The molecule has 7 nitrogen and oxygen atoms in total. The van der Waals surface area contributed by atoms with Crippen molar-refractivity contribution < 1.29 is 32.6 Å². The van der Waals surface area contributed by atoms with E-state index in [4.69, 9.17) is 14.6 Å². The van der Waals surface area contributed by atoms with Crippen LogP contribution in [0.2, 0.25) is 0 Å². The van der Waals surface area contributed by atoms with E-state index in [1.54, 1.807) is 7.11 Å². The fourth-order valence-corrected chi connectivity index (χ4v) is 4.08. The van der Waals surface area contributed by atoms with Gasteiger partial charge in [-0.3, -0.25) is 14.7 Å². The number of hydrogen-bond acceptors (Lipinski definition) is 5. The van der Waals surface area contributed by atoms with Crippen molar-refractivity contribution in [3.05, 3.63) is 30.1 Å². The Morgan fingerprint density at radius 2 is 2.03 bits per heavy atom. The highest BCUT2D eigenvalue weighted by atomic mass is 19.4. The highest BCUT2D eigenvalue weighted by molar-refractivity contribution is 5.79. The second-order valence-corrected chi connectivity index (χ2v) is 7.56. The van der Waals surface area contributed by atoms with Crippen molar-refractivity contribution in [2.75, 3.05) is 33.4 Å². The number of nitrogens with zero attached hydrogens (tertiary/aromatic N) is 3. The Hall–Kier alpha value is -2.20. The first-order valence-electron chi connectivity index (χ1n) is 9.89. The van der Waals surface area contributed by atoms with Crippen molar-refractivity contribution >= 4 is 11.9 Å². The first-order valence-corrected chi connectivity index (χ1v) is 9.89. The van der Waals surface area contributed by atoms with E-state index in [1.165, 1.54) is 5.56 Å². The summed E-state index contributed by atoms with van der Waals surface area (Å²) in [5.74, 6) is -2.45. The second kappa shape index (κ2) is 10.7. The normalized spacial score (nSPS) is 22.5. The number of carboxylic acid groups (broad SMARTS) is 1. The van der Waals surface area contributed by atoms with Crippen LogP contribution in [-0.4, -0.2) is 76.8 Å². The van der Waals surface area contributed by atoms with Crippen molar-refractivity contribution in [3.63, 3.8) is 0 Å². The van der Waals surface area contributed by atoms with Gasteiger partial charge in [-0.2, -0.15) is 13.2 Å². The summed E-state index contributed by atoms with van der Waals surface area (Å²) in [6.45, 7) is 4.47. The highest BCUT2D eigenvalue weighted by Gasteiger charge is 2.45. The van der Waals surface area contributed by atoms with Gasteiger partial charge in [0.1, 0.15) is 0 Å². The average Bonchev–Trinajstić information content (AvgIpc) is 2.86. The average molecular weight is 431 g/mol. The maximum absolute atomic E-state index is 12.3. The van der Waals surface area contributed by atoms with Gasteiger partial charge in [0.25, 0.3) is 0 Å². The Balaban J connectivity index is 0.000000396. The molecule has 0 radical (unpaired) electrons. The minimum atomic E-state index is -5.08. The standard InChI is InChI=1S/C18H27N3O2.C2HF3O2/c1-23-13-12-21-17(22)5-7-18(21)6-3-10-20(11-8-18)15-16-4-2-9-19-14-16;3-2(4,5)1(6)7/h2,4,9,14H,3,5-8,10-13,15H2,1H3;(H,6,7). The number of aliphatic carboxylic acids is 1. The minimum absolute atomic E-state index is 0.0688. The van der Waals surface area contributed by atoms with Crippen LogP contribution >= 0.6 is 0 Å². The number of pyridine rings is 1. The van der Waals surface area contributed by atoms with Crippen LogP contribution in [0, 0.1) is 0 Å². The lowest BCUT2D eigenvalue weighted by molar-refractivity contribution is -0.192. The largest absolute Gasteiger partial charge is 0.490 e. The van der Waals surface area contributed by atoms with Crippen LogP contribution in [0.15, 0.2) is 24.5 Å². The molecule has 2 aliphatic rings.